The van der Waals surface area contributed by atoms with Crippen LogP contribution in [0.3, 0.4) is 0 Å². The molecule has 1 rings (SSSR count). The van der Waals surface area contributed by atoms with Crippen LogP contribution in [0.5, 0.6) is 0 Å². The van der Waals surface area contributed by atoms with Crippen molar-refractivity contribution < 1.29 is 9.90 Å². The minimum absolute atomic E-state index is 0.0624. The van der Waals surface area contributed by atoms with Gasteiger partial charge in [-0.3, -0.25) is 0 Å². The molecule has 4 nitrogen and oxygen atoms in total. The number of rotatable bonds is 1. The van der Waals surface area contributed by atoms with E-state index in [1.165, 1.54) is 0 Å². The molecule has 0 aliphatic rings. The van der Waals surface area contributed by atoms with Gasteiger partial charge in [0.1, 0.15) is 0 Å². The average molecular weight is 181 g/mol. The third-order valence-electron chi connectivity index (χ3n) is 0.857. The highest BCUT2D eigenvalue weighted by atomic mass is 35.5. The molecule has 0 unspecified atom stereocenters. The molecule has 10 heavy (non-hydrogen) atoms. The van der Waals surface area contributed by atoms with E-state index in [-0.39, 0.29) is 10.8 Å². The first-order valence-corrected chi connectivity index (χ1v) is 2.98. The predicted molar refractivity (Wildman–Crippen MR) is 35.4 cm³/mol. The standard InChI is InChI=1S/C4H2Cl2N2O2/c5-3-1-2(4(9)10)8(6)7-3/h1H,(H,9,10). The van der Waals surface area contributed by atoms with Gasteiger partial charge in [0.05, 0.1) is 0 Å². The molecule has 0 amide bonds. The van der Waals surface area contributed by atoms with Crippen molar-refractivity contribution in [3.63, 3.8) is 0 Å². The molecule has 54 valence electrons. The van der Waals surface area contributed by atoms with Gasteiger partial charge < -0.3 is 5.11 Å². The van der Waals surface area contributed by atoms with E-state index in [0.717, 1.165) is 6.07 Å². The summed E-state index contributed by atoms with van der Waals surface area (Å²) in [4.78, 5) is 10.2. The monoisotopic (exact) mass is 180 g/mol. The summed E-state index contributed by atoms with van der Waals surface area (Å²) in [5.74, 6) is -1.16. The molecule has 1 aromatic heterocycles. The Morgan fingerprint density at radius 3 is 2.60 bits per heavy atom. The van der Waals surface area contributed by atoms with Crippen LogP contribution in [0.1, 0.15) is 10.5 Å². The summed E-state index contributed by atoms with van der Waals surface area (Å²) in [6.07, 6.45) is 0. The number of aromatic nitrogens is 2. The van der Waals surface area contributed by atoms with Crippen LogP contribution in [-0.4, -0.2) is 20.4 Å². The van der Waals surface area contributed by atoms with E-state index in [1.54, 1.807) is 0 Å². The molecule has 0 aliphatic heterocycles. The van der Waals surface area contributed by atoms with Crippen LogP contribution in [0, 0.1) is 0 Å². The Hall–Kier alpha value is -0.740. The molecular formula is C4H2Cl2N2O2. The largest absolute Gasteiger partial charge is 0.476 e. The lowest BCUT2D eigenvalue weighted by Gasteiger charge is -1.87. The summed E-state index contributed by atoms with van der Waals surface area (Å²) in [7, 11) is 0. The Bertz CT molecular complexity index is 270. The summed E-state index contributed by atoms with van der Waals surface area (Å²) < 4.78 is 0.685. The van der Waals surface area contributed by atoms with Crippen LogP contribution in [-0.2, 0) is 0 Å². The zero-order valence-electron chi connectivity index (χ0n) is 4.58. The number of aromatic carboxylic acids is 1. The van der Waals surface area contributed by atoms with Gasteiger partial charge in [-0.2, -0.15) is 4.20 Å². The lowest BCUT2D eigenvalue weighted by molar-refractivity contribution is 0.0688. The van der Waals surface area contributed by atoms with Crippen molar-refractivity contribution in [3.8, 4) is 0 Å². The molecule has 0 saturated heterocycles. The van der Waals surface area contributed by atoms with Gasteiger partial charge in [-0.15, -0.1) is 5.10 Å². The number of halogens is 2. The van der Waals surface area contributed by atoms with E-state index < -0.39 is 5.97 Å². The minimum Gasteiger partial charge on any atom is -0.476 e. The minimum atomic E-state index is -1.16. The summed E-state index contributed by atoms with van der Waals surface area (Å²) >= 11 is 10.6. The third-order valence-corrected chi connectivity index (χ3v) is 1.30. The summed E-state index contributed by atoms with van der Waals surface area (Å²) in [6.45, 7) is 0. The van der Waals surface area contributed by atoms with Crippen molar-refractivity contribution in [3.05, 3.63) is 16.9 Å². The first-order valence-electron chi connectivity index (χ1n) is 2.26. The number of carboxylic acid groups (broad SMARTS) is 1. The van der Waals surface area contributed by atoms with E-state index >= 15 is 0 Å². The Labute approximate surface area is 66.1 Å². The Morgan fingerprint density at radius 2 is 2.40 bits per heavy atom. The smallest absolute Gasteiger partial charge is 0.355 e. The summed E-state index contributed by atoms with van der Waals surface area (Å²) in [5.41, 5.74) is -0.147. The molecule has 0 fully saturated rings. The zero-order chi connectivity index (χ0) is 7.72. The molecule has 1 aromatic rings. The zero-order valence-corrected chi connectivity index (χ0v) is 6.10. The fourth-order valence-electron chi connectivity index (χ4n) is 0.473. The topological polar surface area (TPSA) is 55.1 Å². The van der Waals surface area contributed by atoms with Gasteiger partial charge in [-0.25, -0.2) is 4.79 Å². The highest BCUT2D eigenvalue weighted by molar-refractivity contribution is 6.30. The van der Waals surface area contributed by atoms with Crippen LogP contribution < -0.4 is 0 Å². The lowest BCUT2D eigenvalue weighted by Crippen LogP contribution is -2.00. The fraction of sp³-hybridized carbons (Fsp3) is 0. The second-order valence-corrected chi connectivity index (χ2v) is 2.23. The number of carbonyl (C=O) groups is 1. The normalized spacial score (nSPS) is 9.80. The lowest BCUT2D eigenvalue weighted by atomic mass is 10.4. The highest BCUT2D eigenvalue weighted by Gasteiger charge is 2.10. The van der Waals surface area contributed by atoms with E-state index in [4.69, 9.17) is 28.5 Å². The molecular weight excluding hydrogens is 179 g/mol. The van der Waals surface area contributed by atoms with Crippen molar-refractivity contribution in [1.82, 2.24) is 9.30 Å². The van der Waals surface area contributed by atoms with E-state index in [1.807, 2.05) is 0 Å². The third kappa shape index (κ3) is 1.22. The van der Waals surface area contributed by atoms with Gasteiger partial charge in [0, 0.05) is 17.8 Å². The molecule has 1 N–H and O–H groups in total. The van der Waals surface area contributed by atoms with Gasteiger partial charge in [0.2, 0.25) is 0 Å². The van der Waals surface area contributed by atoms with E-state index in [2.05, 4.69) is 5.10 Å². The molecule has 0 atom stereocenters. The van der Waals surface area contributed by atoms with Gasteiger partial charge in [-0.1, -0.05) is 11.6 Å². The SMILES string of the molecule is O=C(O)c1cc(Cl)nn1Cl. The van der Waals surface area contributed by atoms with Crippen LogP contribution in [0.15, 0.2) is 6.07 Å². The van der Waals surface area contributed by atoms with Gasteiger partial charge in [0.15, 0.2) is 10.8 Å². The van der Waals surface area contributed by atoms with Crippen LogP contribution >= 0.6 is 23.4 Å². The second-order valence-electron chi connectivity index (χ2n) is 1.52. The number of carboxylic acids is 1. The molecule has 0 aliphatic carbocycles. The Balaban J connectivity index is 3.15. The molecule has 6 heteroatoms. The quantitative estimate of drug-likeness (QED) is 0.708. The predicted octanol–water partition coefficient (Wildman–Crippen LogP) is 1.24. The number of hydrogen-bond acceptors (Lipinski definition) is 2. The molecule has 0 radical (unpaired) electrons. The van der Waals surface area contributed by atoms with Crippen LogP contribution in [0.25, 0.3) is 0 Å². The van der Waals surface area contributed by atoms with Crippen molar-refractivity contribution in [2.75, 3.05) is 0 Å². The molecule has 0 bridgehead atoms. The summed E-state index contributed by atoms with van der Waals surface area (Å²) in [5, 5.41) is 11.8. The maximum absolute atomic E-state index is 10.2. The number of hydrogen-bond donors (Lipinski definition) is 1. The Morgan fingerprint density at radius 1 is 1.80 bits per heavy atom. The summed E-state index contributed by atoms with van der Waals surface area (Å²) in [6, 6.07) is 1.16. The van der Waals surface area contributed by atoms with Crippen molar-refractivity contribution >= 4 is 29.3 Å². The first kappa shape index (κ1) is 7.37. The van der Waals surface area contributed by atoms with Crippen LogP contribution in [0.4, 0.5) is 0 Å². The Kier molecular flexibility index (Phi) is 1.82. The molecule has 0 saturated carbocycles. The molecule has 0 spiro atoms. The number of nitrogens with zero attached hydrogens (tertiary/aromatic N) is 2. The van der Waals surface area contributed by atoms with Gasteiger partial charge in [-0.05, 0) is 0 Å². The van der Waals surface area contributed by atoms with Crippen molar-refractivity contribution in [2.45, 2.75) is 0 Å². The van der Waals surface area contributed by atoms with Crippen molar-refractivity contribution in [1.29, 1.82) is 0 Å². The molecule has 1 heterocycles. The van der Waals surface area contributed by atoms with Crippen LogP contribution in [0.2, 0.25) is 5.15 Å². The molecule has 0 aromatic carbocycles. The van der Waals surface area contributed by atoms with E-state index in [9.17, 15) is 4.79 Å². The fourth-order valence-corrected chi connectivity index (χ4v) is 0.894. The maximum Gasteiger partial charge on any atom is 0.355 e. The highest BCUT2D eigenvalue weighted by Crippen LogP contribution is 2.10. The second kappa shape index (κ2) is 2.48. The average Bonchev–Trinajstić information content (AvgIpc) is 2.10. The first-order chi connectivity index (χ1) is 4.61. The van der Waals surface area contributed by atoms with Crippen molar-refractivity contribution in [2.24, 2.45) is 0 Å². The van der Waals surface area contributed by atoms with E-state index in [0.29, 0.717) is 4.20 Å². The van der Waals surface area contributed by atoms with Gasteiger partial charge in [0.25, 0.3) is 0 Å². The van der Waals surface area contributed by atoms with Gasteiger partial charge >= 0.3 is 5.97 Å². The maximum atomic E-state index is 10.2.